The van der Waals surface area contributed by atoms with Gasteiger partial charge in [0, 0.05) is 0 Å². The summed E-state index contributed by atoms with van der Waals surface area (Å²) in [6.07, 6.45) is 0.558. The molecule has 1 rings (SSSR count). The van der Waals surface area contributed by atoms with E-state index in [4.69, 9.17) is 10.8 Å². The van der Waals surface area contributed by atoms with Crippen molar-refractivity contribution < 1.29 is 15.0 Å². The number of aliphatic hydroxyl groups excluding tert-OH is 1. The molecule has 16 heavy (non-hydrogen) atoms. The highest BCUT2D eigenvalue weighted by Crippen LogP contribution is 2.08. The number of rotatable bonds is 5. The highest BCUT2D eigenvalue weighted by atomic mass is 16.4. The summed E-state index contributed by atoms with van der Waals surface area (Å²) in [7, 11) is 0. The maximum Gasteiger partial charge on any atom is 0.320 e. The molecule has 0 spiro atoms. The normalized spacial score (nSPS) is 14.4. The molecule has 0 saturated heterocycles. The molecule has 0 amide bonds. The van der Waals surface area contributed by atoms with E-state index in [0.29, 0.717) is 12.8 Å². The van der Waals surface area contributed by atoms with E-state index in [1.165, 1.54) is 0 Å². The second kappa shape index (κ2) is 5.63. The Labute approximate surface area is 94.7 Å². The number of carboxylic acid groups (broad SMARTS) is 1. The number of aliphatic carboxylic acids is 1. The van der Waals surface area contributed by atoms with Crippen LogP contribution in [0.3, 0.4) is 0 Å². The summed E-state index contributed by atoms with van der Waals surface area (Å²) in [5.74, 6) is -0.993. The molecular formula is C12H17NO3. The summed E-state index contributed by atoms with van der Waals surface area (Å²) in [5, 5.41) is 17.9. The molecular weight excluding hydrogens is 206 g/mol. The number of carboxylic acids is 1. The van der Waals surface area contributed by atoms with Crippen LogP contribution in [0.1, 0.15) is 18.1 Å². The van der Waals surface area contributed by atoms with Crippen molar-refractivity contribution in [3.8, 4) is 0 Å². The third kappa shape index (κ3) is 4.00. The minimum Gasteiger partial charge on any atom is -0.480 e. The van der Waals surface area contributed by atoms with Crippen LogP contribution in [-0.4, -0.2) is 28.3 Å². The van der Waals surface area contributed by atoms with Crippen LogP contribution in [0.4, 0.5) is 0 Å². The second-order valence-electron chi connectivity index (χ2n) is 4.02. The maximum atomic E-state index is 10.6. The van der Waals surface area contributed by atoms with Crippen LogP contribution in [0.5, 0.6) is 0 Å². The number of hydrogen-bond acceptors (Lipinski definition) is 3. The molecule has 0 aliphatic rings. The molecule has 0 aromatic heterocycles. The van der Waals surface area contributed by atoms with E-state index >= 15 is 0 Å². The van der Waals surface area contributed by atoms with Crippen molar-refractivity contribution in [2.45, 2.75) is 31.9 Å². The third-order valence-corrected chi connectivity index (χ3v) is 2.33. The molecule has 4 nitrogen and oxygen atoms in total. The smallest absolute Gasteiger partial charge is 0.320 e. The molecule has 0 aliphatic carbocycles. The molecule has 2 unspecified atom stereocenters. The van der Waals surface area contributed by atoms with E-state index in [0.717, 1.165) is 11.1 Å². The number of hydrogen-bond donors (Lipinski definition) is 3. The first-order valence-corrected chi connectivity index (χ1v) is 5.23. The fraction of sp³-hybridized carbons (Fsp3) is 0.417. The van der Waals surface area contributed by atoms with Crippen LogP contribution >= 0.6 is 0 Å². The van der Waals surface area contributed by atoms with Gasteiger partial charge in [0.1, 0.15) is 6.04 Å². The SMILES string of the molecule is CC(O)Cc1ccc(CC(N)C(=O)O)cc1. The lowest BCUT2D eigenvalue weighted by atomic mass is 10.0. The third-order valence-electron chi connectivity index (χ3n) is 2.33. The van der Waals surface area contributed by atoms with Crippen molar-refractivity contribution in [1.82, 2.24) is 0 Å². The number of benzene rings is 1. The predicted molar refractivity (Wildman–Crippen MR) is 61.1 cm³/mol. The summed E-state index contributed by atoms with van der Waals surface area (Å²) in [4.78, 5) is 10.6. The monoisotopic (exact) mass is 223 g/mol. The molecule has 88 valence electrons. The van der Waals surface area contributed by atoms with Crippen molar-refractivity contribution in [1.29, 1.82) is 0 Å². The van der Waals surface area contributed by atoms with Crippen molar-refractivity contribution >= 4 is 5.97 Å². The first-order valence-electron chi connectivity index (χ1n) is 5.23. The lowest BCUT2D eigenvalue weighted by Crippen LogP contribution is -2.32. The van der Waals surface area contributed by atoms with E-state index in [9.17, 15) is 9.90 Å². The Kier molecular flexibility index (Phi) is 4.46. The fourth-order valence-electron chi connectivity index (χ4n) is 1.49. The van der Waals surface area contributed by atoms with Crippen LogP contribution in [0.2, 0.25) is 0 Å². The van der Waals surface area contributed by atoms with Gasteiger partial charge in [-0.1, -0.05) is 24.3 Å². The van der Waals surface area contributed by atoms with Gasteiger partial charge in [0.25, 0.3) is 0 Å². The fourth-order valence-corrected chi connectivity index (χ4v) is 1.49. The van der Waals surface area contributed by atoms with Crippen molar-refractivity contribution in [2.75, 3.05) is 0 Å². The average molecular weight is 223 g/mol. The van der Waals surface area contributed by atoms with Crippen molar-refractivity contribution in [2.24, 2.45) is 5.73 Å². The van der Waals surface area contributed by atoms with E-state index in [1.54, 1.807) is 6.92 Å². The molecule has 0 saturated carbocycles. The first kappa shape index (κ1) is 12.7. The quantitative estimate of drug-likeness (QED) is 0.681. The Morgan fingerprint density at radius 1 is 1.25 bits per heavy atom. The lowest BCUT2D eigenvalue weighted by molar-refractivity contribution is -0.138. The highest BCUT2D eigenvalue weighted by molar-refractivity contribution is 5.73. The van der Waals surface area contributed by atoms with Crippen molar-refractivity contribution in [3.05, 3.63) is 35.4 Å². The molecule has 0 bridgehead atoms. The maximum absolute atomic E-state index is 10.6. The molecule has 0 fully saturated rings. The van der Waals surface area contributed by atoms with Gasteiger partial charge < -0.3 is 15.9 Å². The molecule has 4 N–H and O–H groups in total. The molecule has 0 aliphatic heterocycles. The zero-order valence-electron chi connectivity index (χ0n) is 9.26. The van der Waals surface area contributed by atoms with Gasteiger partial charge in [-0.25, -0.2) is 0 Å². The van der Waals surface area contributed by atoms with Crippen LogP contribution < -0.4 is 5.73 Å². The van der Waals surface area contributed by atoms with Gasteiger partial charge in [0.2, 0.25) is 0 Å². The summed E-state index contributed by atoms with van der Waals surface area (Å²) in [6, 6.07) is 6.61. The Morgan fingerprint density at radius 2 is 1.69 bits per heavy atom. The molecule has 2 atom stereocenters. The topological polar surface area (TPSA) is 83.5 Å². The minimum atomic E-state index is -0.993. The van der Waals surface area contributed by atoms with Crippen molar-refractivity contribution in [3.63, 3.8) is 0 Å². The Morgan fingerprint density at radius 3 is 2.06 bits per heavy atom. The molecule has 0 radical (unpaired) electrons. The summed E-state index contributed by atoms with van der Waals surface area (Å²) < 4.78 is 0. The first-order chi connectivity index (χ1) is 7.49. The van der Waals surface area contributed by atoms with E-state index in [2.05, 4.69) is 0 Å². The number of nitrogens with two attached hydrogens (primary N) is 1. The second-order valence-corrected chi connectivity index (χ2v) is 4.02. The van der Waals surface area contributed by atoms with Gasteiger partial charge in [-0.15, -0.1) is 0 Å². The van der Waals surface area contributed by atoms with Crippen LogP contribution in [0.25, 0.3) is 0 Å². The number of carbonyl (C=O) groups is 1. The van der Waals surface area contributed by atoms with E-state index in [1.807, 2.05) is 24.3 Å². The van der Waals surface area contributed by atoms with E-state index in [-0.39, 0.29) is 6.10 Å². The minimum absolute atomic E-state index is 0.324. The van der Waals surface area contributed by atoms with Crippen LogP contribution in [0.15, 0.2) is 24.3 Å². The molecule has 1 aromatic carbocycles. The summed E-state index contributed by atoms with van der Waals surface area (Å²) in [5.41, 5.74) is 7.35. The Balaban J connectivity index is 2.61. The van der Waals surface area contributed by atoms with Gasteiger partial charge >= 0.3 is 5.97 Å². The average Bonchev–Trinajstić information content (AvgIpc) is 2.20. The highest BCUT2D eigenvalue weighted by Gasteiger charge is 2.11. The van der Waals surface area contributed by atoms with Gasteiger partial charge in [-0.3, -0.25) is 4.79 Å². The van der Waals surface area contributed by atoms with Gasteiger partial charge in [-0.05, 0) is 30.9 Å². The predicted octanol–water partition coefficient (Wildman–Crippen LogP) is 0.564. The summed E-state index contributed by atoms with van der Waals surface area (Å²) in [6.45, 7) is 1.73. The molecule has 1 aromatic rings. The van der Waals surface area contributed by atoms with Gasteiger partial charge in [0.15, 0.2) is 0 Å². The Bertz CT molecular complexity index is 346. The van der Waals surface area contributed by atoms with Crippen LogP contribution in [0, 0.1) is 0 Å². The molecule has 0 heterocycles. The standard InChI is InChI=1S/C12H17NO3/c1-8(14)6-9-2-4-10(5-3-9)7-11(13)12(15)16/h2-5,8,11,14H,6-7,13H2,1H3,(H,15,16). The zero-order chi connectivity index (χ0) is 12.1. The van der Waals surface area contributed by atoms with Gasteiger partial charge in [-0.2, -0.15) is 0 Å². The Hall–Kier alpha value is -1.39. The lowest BCUT2D eigenvalue weighted by Gasteiger charge is -2.08. The largest absolute Gasteiger partial charge is 0.480 e. The van der Waals surface area contributed by atoms with E-state index < -0.39 is 12.0 Å². The number of aliphatic hydroxyl groups is 1. The van der Waals surface area contributed by atoms with Crippen LogP contribution in [-0.2, 0) is 17.6 Å². The zero-order valence-corrected chi connectivity index (χ0v) is 9.26. The van der Waals surface area contributed by atoms with Gasteiger partial charge in [0.05, 0.1) is 6.10 Å². The molecule has 4 heteroatoms. The summed E-state index contributed by atoms with van der Waals surface area (Å²) >= 11 is 0.